The number of anilines is 3. The minimum atomic E-state index is -0.180. The Morgan fingerprint density at radius 2 is 1.89 bits per heavy atom. The highest BCUT2D eigenvalue weighted by molar-refractivity contribution is 6.04. The molecule has 3 N–H and O–H groups in total. The van der Waals surface area contributed by atoms with Crippen molar-refractivity contribution in [2.75, 3.05) is 55.3 Å². The molecule has 0 spiro atoms. The van der Waals surface area contributed by atoms with Crippen LogP contribution < -0.4 is 20.7 Å². The SMILES string of the molecule is CCOc1cccc(C(=O)Nc2ccc(N3CCN(CC)CC3)c(N)c2)c1. The predicted molar refractivity (Wildman–Crippen MR) is 111 cm³/mol. The Morgan fingerprint density at radius 1 is 1.11 bits per heavy atom. The number of nitrogens with two attached hydrogens (primary N) is 1. The average Bonchev–Trinajstić information content (AvgIpc) is 2.69. The topological polar surface area (TPSA) is 70.8 Å². The van der Waals surface area contributed by atoms with Crippen molar-refractivity contribution in [2.45, 2.75) is 13.8 Å². The Labute approximate surface area is 160 Å². The van der Waals surface area contributed by atoms with Crippen molar-refractivity contribution >= 4 is 23.0 Å². The first-order valence-electron chi connectivity index (χ1n) is 9.51. The van der Waals surface area contributed by atoms with Gasteiger partial charge in [-0.1, -0.05) is 13.0 Å². The van der Waals surface area contributed by atoms with Crippen molar-refractivity contribution in [3.05, 3.63) is 48.0 Å². The lowest BCUT2D eigenvalue weighted by Crippen LogP contribution is -2.46. The largest absolute Gasteiger partial charge is 0.494 e. The average molecular weight is 368 g/mol. The molecular formula is C21H28N4O2. The van der Waals surface area contributed by atoms with Gasteiger partial charge in [-0.3, -0.25) is 4.79 Å². The molecule has 1 aliphatic heterocycles. The van der Waals surface area contributed by atoms with E-state index in [0.29, 0.717) is 29.3 Å². The molecule has 0 saturated carbocycles. The van der Waals surface area contributed by atoms with Gasteiger partial charge in [0.1, 0.15) is 5.75 Å². The van der Waals surface area contributed by atoms with E-state index < -0.39 is 0 Å². The number of ether oxygens (including phenoxy) is 1. The number of benzene rings is 2. The summed E-state index contributed by atoms with van der Waals surface area (Å²) in [5, 5.41) is 2.91. The number of rotatable bonds is 6. The van der Waals surface area contributed by atoms with Crippen LogP contribution in [0.5, 0.6) is 5.75 Å². The molecule has 6 heteroatoms. The van der Waals surface area contributed by atoms with E-state index in [1.807, 2.05) is 37.3 Å². The fourth-order valence-electron chi connectivity index (χ4n) is 3.32. The van der Waals surface area contributed by atoms with Gasteiger partial charge in [-0.25, -0.2) is 0 Å². The minimum absolute atomic E-state index is 0.180. The second-order valence-electron chi connectivity index (χ2n) is 6.61. The summed E-state index contributed by atoms with van der Waals surface area (Å²) in [5.41, 5.74) is 9.23. The Morgan fingerprint density at radius 3 is 2.56 bits per heavy atom. The molecule has 2 aromatic carbocycles. The first-order valence-corrected chi connectivity index (χ1v) is 9.51. The van der Waals surface area contributed by atoms with Crippen LogP contribution in [0.3, 0.4) is 0 Å². The van der Waals surface area contributed by atoms with Crippen LogP contribution >= 0.6 is 0 Å². The number of hydrogen-bond donors (Lipinski definition) is 2. The highest BCUT2D eigenvalue weighted by Crippen LogP contribution is 2.28. The van der Waals surface area contributed by atoms with E-state index in [0.717, 1.165) is 38.4 Å². The van der Waals surface area contributed by atoms with Gasteiger partial charge in [0.05, 0.1) is 18.0 Å². The van der Waals surface area contributed by atoms with Crippen molar-refractivity contribution in [3.63, 3.8) is 0 Å². The zero-order valence-electron chi connectivity index (χ0n) is 16.1. The maximum atomic E-state index is 12.5. The summed E-state index contributed by atoms with van der Waals surface area (Å²) in [4.78, 5) is 17.2. The summed E-state index contributed by atoms with van der Waals surface area (Å²) in [6, 6.07) is 12.9. The van der Waals surface area contributed by atoms with Crippen molar-refractivity contribution < 1.29 is 9.53 Å². The second-order valence-corrected chi connectivity index (χ2v) is 6.61. The van der Waals surface area contributed by atoms with Gasteiger partial charge in [-0.05, 0) is 49.9 Å². The zero-order chi connectivity index (χ0) is 19.2. The van der Waals surface area contributed by atoms with E-state index in [-0.39, 0.29) is 5.91 Å². The summed E-state index contributed by atoms with van der Waals surface area (Å²) in [6.07, 6.45) is 0. The van der Waals surface area contributed by atoms with Crippen LogP contribution in [0, 0.1) is 0 Å². The maximum Gasteiger partial charge on any atom is 0.255 e. The standard InChI is InChI=1S/C21H28N4O2/c1-3-24-10-12-25(13-11-24)20-9-8-17(15-19(20)22)23-21(26)16-6-5-7-18(14-16)27-4-2/h5-9,14-15H,3-4,10-13,22H2,1-2H3,(H,23,26). The fourth-order valence-corrected chi connectivity index (χ4v) is 3.32. The number of carbonyl (C=O) groups excluding carboxylic acids is 1. The monoisotopic (exact) mass is 368 g/mol. The van der Waals surface area contributed by atoms with E-state index in [1.165, 1.54) is 0 Å². The molecule has 0 radical (unpaired) electrons. The Bertz CT molecular complexity index is 786. The van der Waals surface area contributed by atoms with Crippen LogP contribution in [-0.2, 0) is 0 Å². The molecule has 6 nitrogen and oxygen atoms in total. The number of nitrogen functional groups attached to an aromatic ring is 1. The third-order valence-corrected chi connectivity index (χ3v) is 4.85. The number of piperazine rings is 1. The van der Waals surface area contributed by atoms with Crippen LogP contribution in [0.4, 0.5) is 17.1 Å². The molecule has 0 bridgehead atoms. The van der Waals surface area contributed by atoms with Gasteiger partial charge >= 0.3 is 0 Å². The van der Waals surface area contributed by atoms with Crippen LogP contribution in [0.15, 0.2) is 42.5 Å². The lowest BCUT2D eigenvalue weighted by atomic mass is 10.1. The number of carbonyl (C=O) groups is 1. The Balaban J connectivity index is 1.67. The van der Waals surface area contributed by atoms with Gasteiger partial charge in [-0.15, -0.1) is 0 Å². The first-order chi connectivity index (χ1) is 13.1. The lowest BCUT2D eigenvalue weighted by molar-refractivity contribution is 0.102. The van der Waals surface area contributed by atoms with Gasteiger partial charge < -0.3 is 25.6 Å². The number of nitrogens with zero attached hydrogens (tertiary/aromatic N) is 2. The van der Waals surface area contributed by atoms with Gasteiger partial charge in [0.15, 0.2) is 0 Å². The molecule has 27 heavy (non-hydrogen) atoms. The number of amides is 1. The van der Waals surface area contributed by atoms with E-state index in [9.17, 15) is 4.79 Å². The van der Waals surface area contributed by atoms with Crippen molar-refractivity contribution in [3.8, 4) is 5.75 Å². The molecular weight excluding hydrogens is 340 g/mol. The summed E-state index contributed by atoms with van der Waals surface area (Å²) in [5.74, 6) is 0.506. The molecule has 0 aromatic heterocycles. The van der Waals surface area contributed by atoms with Gasteiger partial charge in [0.2, 0.25) is 0 Å². The summed E-state index contributed by atoms with van der Waals surface area (Å²) >= 11 is 0. The lowest BCUT2D eigenvalue weighted by Gasteiger charge is -2.36. The van der Waals surface area contributed by atoms with E-state index in [4.69, 9.17) is 10.5 Å². The Kier molecular flexibility index (Phi) is 6.19. The third-order valence-electron chi connectivity index (χ3n) is 4.85. The predicted octanol–water partition coefficient (Wildman–Crippen LogP) is 3.06. The highest BCUT2D eigenvalue weighted by Gasteiger charge is 2.18. The maximum absolute atomic E-state index is 12.5. The number of hydrogen-bond acceptors (Lipinski definition) is 5. The molecule has 0 unspecified atom stereocenters. The summed E-state index contributed by atoms with van der Waals surface area (Å²) in [7, 11) is 0. The fraction of sp³-hybridized carbons (Fsp3) is 0.381. The van der Waals surface area contributed by atoms with Crippen LogP contribution in [-0.4, -0.2) is 50.1 Å². The first kappa shape index (κ1) is 19.0. The molecule has 1 saturated heterocycles. The van der Waals surface area contributed by atoms with Gasteiger partial charge in [-0.2, -0.15) is 0 Å². The van der Waals surface area contributed by atoms with Crippen LogP contribution in [0.2, 0.25) is 0 Å². The van der Waals surface area contributed by atoms with E-state index >= 15 is 0 Å². The number of nitrogens with one attached hydrogen (secondary N) is 1. The van der Waals surface area contributed by atoms with Crippen molar-refractivity contribution in [1.29, 1.82) is 0 Å². The van der Waals surface area contributed by atoms with E-state index in [1.54, 1.807) is 12.1 Å². The molecule has 0 aliphatic carbocycles. The van der Waals surface area contributed by atoms with Gasteiger partial charge in [0.25, 0.3) is 5.91 Å². The number of likely N-dealkylation sites (N-methyl/N-ethyl adjacent to an activating group) is 1. The van der Waals surface area contributed by atoms with E-state index in [2.05, 4.69) is 22.0 Å². The molecule has 0 atom stereocenters. The molecule has 1 amide bonds. The molecule has 1 heterocycles. The van der Waals surface area contributed by atoms with Crippen LogP contribution in [0.1, 0.15) is 24.2 Å². The molecule has 1 aliphatic rings. The van der Waals surface area contributed by atoms with Crippen molar-refractivity contribution in [2.24, 2.45) is 0 Å². The molecule has 2 aromatic rings. The summed E-state index contributed by atoms with van der Waals surface area (Å²) in [6.45, 7) is 9.77. The molecule has 3 rings (SSSR count). The smallest absolute Gasteiger partial charge is 0.255 e. The van der Waals surface area contributed by atoms with Crippen LogP contribution in [0.25, 0.3) is 0 Å². The Hall–Kier alpha value is -2.73. The van der Waals surface area contributed by atoms with Gasteiger partial charge in [0, 0.05) is 37.4 Å². The zero-order valence-corrected chi connectivity index (χ0v) is 16.1. The molecule has 144 valence electrons. The minimum Gasteiger partial charge on any atom is -0.494 e. The normalized spacial score (nSPS) is 14.8. The van der Waals surface area contributed by atoms with Crippen molar-refractivity contribution in [1.82, 2.24) is 4.90 Å². The highest BCUT2D eigenvalue weighted by atomic mass is 16.5. The molecule has 1 fully saturated rings. The summed E-state index contributed by atoms with van der Waals surface area (Å²) < 4.78 is 5.46. The third kappa shape index (κ3) is 4.71. The quantitative estimate of drug-likeness (QED) is 0.767. The second kappa shape index (κ2) is 8.77.